The Labute approximate surface area is 148 Å². The Morgan fingerprint density at radius 3 is 2.60 bits per heavy atom. The van der Waals surface area contributed by atoms with Crippen molar-refractivity contribution in [2.75, 3.05) is 17.3 Å². The summed E-state index contributed by atoms with van der Waals surface area (Å²) in [6.45, 7) is 1.77. The number of sulfone groups is 1. The number of nitrogen functional groups attached to an aromatic ring is 1. The summed E-state index contributed by atoms with van der Waals surface area (Å²) in [6, 6.07) is 4.45. The highest BCUT2D eigenvalue weighted by Gasteiger charge is 2.14. The lowest BCUT2D eigenvalue weighted by Gasteiger charge is -2.09. The van der Waals surface area contributed by atoms with Gasteiger partial charge >= 0.3 is 0 Å². The van der Waals surface area contributed by atoms with E-state index in [1.54, 1.807) is 13.0 Å². The van der Waals surface area contributed by atoms with Crippen molar-refractivity contribution in [1.29, 1.82) is 0 Å². The molecule has 0 atom stereocenters. The zero-order chi connectivity index (χ0) is 18.2. The molecule has 2 heterocycles. The number of nitrogens with zero attached hydrogens (tertiary/aromatic N) is 4. The van der Waals surface area contributed by atoms with Crippen LogP contribution in [0, 0.1) is 6.92 Å². The van der Waals surface area contributed by atoms with E-state index in [9.17, 15) is 8.42 Å². The van der Waals surface area contributed by atoms with E-state index in [1.807, 2.05) is 0 Å². The van der Waals surface area contributed by atoms with E-state index in [0.29, 0.717) is 22.9 Å². The first-order valence-corrected chi connectivity index (χ1v) is 9.29. The molecule has 0 spiro atoms. The number of anilines is 3. The minimum absolute atomic E-state index is 0.0514. The monoisotopic (exact) mass is 379 g/mol. The van der Waals surface area contributed by atoms with Crippen molar-refractivity contribution >= 4 is 38.9 Å². The van der Waals surface area contributed by atoms with E-state index in [0.717, 1.165) is 6.26 Å². The Kier molecular flexibility index (Phi) is 4.31. The summed E-state index contributed by atoms with van der Waals surface area (Å²) in [5, 5.41) is 9.76. The van der Waals surface area contributed by atoms with Crippen LogP contribution in [0.2, 0.25) is 5.02 Å². The molecule has 0 saturated heterocycles. The smallest absolute Gasteiger partial charge is 0.229 e. The van der Waals surface area contributed by atoms with Crippen LogP contribution in [0.15, 0.2) is 29.3 Å². The molecule has 0 amide bonds. The summed E-state index contributed by atoms with van der Waals surface area (Å²) in [5.41, 5.74) is 6.96. The van der Waals surface area contributed by atoms with Gasteiger partial charge in [0.1, 0.15) is 11.6 Å². The Morgan fingerprint density at radius 2 is 2.04 bits per heavy atom. The first-order chi connectivity index (χ1) is 11.7. The van der Waals surface area contributed by atoms with Crippen LogP contribution in [0.3, 0.4) is 0 Å². The molecule has 3 rings (SSSR count). The Balaban J connectivity index is 1.87. The molecule has 3 aromatic rings. The number of nitrogens with two attached hydrogens (primary N) is 1. The van der Waals surface area contributed by atoms with Crippen molar-refractivity contribution in [3.8, 4) is 11.4 Å². The quantitative estimate of drug-likeness (QED) is 0.624. The Bertz CT molecular complexity index is 1050. The molecule has 0 saturated carbocycles. The summed E-state index contributed by atoms with van der Waals surface area (Å²) in [5.74, 6) is 1.49. The molecule has 0 aliphatic carbocycles. The second-order valence-corrected chi connectivity index (χ2v) is 7.67. The van der Waals surface area contributed by atoms with Crippen LogP contribution in [-0.2, 0) is 9.84 Å². The predicted molar refractivity (Wildman–Crippen MR) is 94.4 cm³/mol. The highest BCUT2D eigenvalue weighted by molar-refractivity contribution is 7.90. The standard InChI is InChI=1S/C14H14ClN7O2S/c1-7-18-13(22-21-7)9-6-17-14(20-12(9)16)19-8-3-4-11(10(15)5-8)25(2,23)24/h3-6H,1-2H3,(H,18,21,22)(H3,16,17,19,20). The minimum atomic E-state index is -3.39. The maximum atomic E-state index is 11.6. The summed E-state index contributed by atoms with van der Waals surface area (Å²) >= 11 is 6.01. The van der Waals surface area contributed by atoms with Crippen LogP contribution in [-0.4, -0.2) is 39.8 Å². The Hall–Kier alpha value is -2.72. The molecule has 0 aliphatic rings. The third kappa shape index (κ3) is 3.69. The topological polar surface area (TPSA) is 140 Å². The molecule has 0 unspecified atom stereocenters. The molecule has 0 aliphatic heterocycles. The third-order valence-corrected chi connectivity index (χ3v) is 4.82. The van der Waals surface area contributed by atoms with E-state index in [1.165, 1.54) is 18.3 Å². The molecule has 25 heavy (non-hydrogen) atoms. The first kappa shape index (κ1) is 17.1. The largest absolute Gasteiger partial charge is 0.383 e. The van der Waals surface area contributed by atoms with Crippen molar-refractivity contribution in [2.45, 2.75) is 11.8 Å². The highest BCUT2D eigenvalue weighted by Crippen LogP contribution is 2.27. The van der Waals surface area contributed by atoms with Crippen molar-refractivity contribution in [3.05, 3.63) is 35.2 Å². The summed E-state index contributed by atoms with van der Waals surface area (Å²) in [7, 11) is -3.39. The molecular weight excluding hydrogens is 366 g/mol. The molecule has 9 nitrogen and oxygen atoms in total. The van der Waals surface area contributed by atoms with Gasteiger partial charge in [0.15, 0.2) is 15.7 Å². The molecule has 4 N–H and O–H groups in total. The molecule has 0 bridgehead atoms. The van der Waals surface area contributed by atoms with E-state index in [-0.39, 0.29) is 21.7 Å². The highest BCUT2D eigenvalue weighted by atomic mass is 35.5. The number of nitrogens with one attached hydrogen (secondary N) is 2. The fourth-order valence-electron chi connectivity index (χ4n) is 2.10. The van der Waals surface area contributed by atoms with E-state index >= 15 is 0 Å². The van der Waals surface area contributed by atoms with Crippen molar-refractivity contribution < 1.29 is 8.42 Å². The molecule has 0 fully saturated rings. The molecule has 130 valence electrons. The Morgan fingerprint density at radius 1 is 1.28 bits per heavy atom. The average molecular weight is 380 g/mol. The lowest BCUT2D eigenvalue weighted by molar-refractivity contribution is 0.602. The molecule has 11 heteroatoms. The summed E-state index contributed by atoms with van der Waals surface area (Å²) in [4.78, 5) is 12.5. The van der Waals surface area contributed by atoms with Crippen molar-refractivity contribution in [2.24, 2.45) is 0 Å². The van der Waals surface area contributed by atoms with Crippen molar-refractivity contribution in [1.82, 2.24) is 25.1 Å². The lowest BCUT2D eigenvalue weighted by Crippen LogP contribution is -2.03. The van der Waals surface area contributed by atoms with Gasteiger partial charge < -0.3 is 11.1 Å². The van der Waals surface area contributed by atoms with Crippen LogP contribution in [0.1, 0.15) is 5.82 Å². The molecular formula is C14H14ClN7O2S. The van der Waals surface area contributed by atoms with Gasteiger partial charge in [-0.15, -0.1) is 0 Å². The second-order valence-electron chi connectivity index (χ2n) is 5.28. The number of halogens is 1. The van der Waals surface area contributed by atoms with Crippen LogP contribution in [0.25, 0.3) is 11.4 Å². The zero-order valence-corrected chi connectivity index (χ0v) is 14.9. The predicted octanol–water partition coefficient (Wildman–Crippen LogP) is 1.95. The fraction of sp³-hybridized carbons (Fsp3) is 0.143. The van der Waals surface area contributed by atoms with Crippen LogP contribution < -0.4 is 11.1 Å². The van der Waals surface area contributed by atoms with E-state index < -0.39 is 9.84 Å². The van der Waals surface area contributed by atoms with Gasteiger partial charge in [0.05, 0.1) is 15.5 Å². The fourth-order valence-corrected chi connectivity index (χ4v) is 3.43. The van der Waals surface area contributed by atoms with E-state index in [4.69, 9.17) is 17.3 Å². The SMILES string of the molecule is Cc1nc(-c2cnc(Nc3ccc(S(C)(=O)=O)c(Cl)c3)nc2N)n[nH]1. The van der Waals surface area contributed by atoms with E-state index in [2.05, 4.69) is 30.5 Å². The number of hydrogen-bond acceptors (Lipinski definition) is 8. The van der Waals surface area contributed by atoms with Crippen LogP contribution >= 0.6 is 11.6 Å². The van der Waals surface area contributed by atoms with Gasteiger partial charge in [0.2, 0.25) is 5.95 Å². The number of benzene rings is 1. The second kappa shape index (κ2) is 6.30. The van der Waals surface area contributed by atoms with Gasteiger partial charge in [-0.1, -0.05) is 11.6 Å². The van der Waals surface area contributed by atoms with Gasteiger partial charge in [-0.2, -0.15) is 10.1 Å². The average Bonchev–Trinajstić information content (AvgIpc) is 2.92. The molecule has 2 aromatic heterocycles. The summed E-state index contributed by atoms with van der Waals surface area (Å²) in [6.07, 6.45) is 2.59. The first-order valence-electron chi connectivity index (χ1n) is 7.02. The van der Waals surface area contributed by atoms with Gasteiger partial charge in [-0.25, -0.2) is 18.4 Å². The van der Waals surface area contributed by atoms with Gasteiger partial charge in [0.25, 0.3) is 0 Å². The number of aromatic amines is 1. The van der Waals surface area contributed by atoms with Crippen molar-refractivity contribution in [3.63, 3.8) is 0 Å². The number of H-pyrrole nitrogens is 1. The van der Waals surface area contributed by atoms with Gasteiger partial charge in [-0.3, -0.25) is 5.10 Å². The summed E-state index contributed by atoms with van der Waals surface area (Å²) < 4.78 is 23.2. The molecule has 0 radical (unpaired) electrons. The van der Waals surface area contributed by atoms with Gasteiger partial charge in [-0.05, 0) is 25.1 Å². The normalized spacial score (nSPS) is 11.5. The third-order valence-electron chi connectivity index (χ3n) is 3.24. The number of rotatable bonds is 4. The lowest BCUT2D eigenvalue weighted by atomic mass is 10.3. The van der Waals surface area contributed by atoms with Gasteiger partial charge in [0, 0.05) is 18.1 Å². The number of aryl methyl sites for hydroxylation is 1. The number of aromatic nitrogens is 5. The zero-order valence-electron chi connectivity index (χ0n) is 13.3. The number of hydrogen-bond donors (Lipinski definition) is 3. The van der Waals surface area contributed by atoms with Crippen LogP contribution in [0.4, 0.5) is 17.5 Å². The minimum Gasteiger partial charge on any atom is -0.383 e. The maximum Gasteiger partial charge on any atom is 0.229 e. The maximum absolute atomic E-state index is 11.6. The molecule has 1 aromatic carbocycles. The van der Waals surface area contributed by atoms with Crippen LogP contribution in [0.5, 0.6) is 0 Å².